The molecular formula is C20H20FN5OS. The second kappa shape index (κ2) is 7.63. The Morgan fingerprint density at radius 2 is 1.89 bits per heavy atom. The molecular weight excluding hydrogens is 377 g/mol. The molecule has 1 aromatic heterocycles. The number of benzene rings is 2. The molecule has 3 aromatic rings. The van der Waals surface area contributed by atoms with Gasteiger partial charge in [0, 0.05) is 12.1 Å². The van der Waals surface area contributed by atoms with Crippen molar-refractivity contribution in [3.8, 4) is 0 Å². The van der Waals surface area contributed by atoms with Crippen molar-refractivity contribution in [2.45, 2.75) is 36.7 Å². The molecule has 0 bridgehead atoms. The van der Waals surface area contributed by atoms with Crippen molar-refractivity contribution in [3.05, 3.63) is 71.3 Å². The lowest BCUT2D eigenvalue weighted by atomic mass is 10.0. The smallest absolute Gasteiger partial charge is 0.240 e. The largest absolute Gasteiger partial charge is 0.325 e. The van der Waals surface area contributed by atoms with Crippen LogP contribution in [0.15, 0.2) is 53.7 Å². The van der Waals surface area contributed by atoms with E-state index in [1.807, 2.05) is 42.8 Å². The number of hydrogen-bond acceptors (Lipinski definition) is 5. The summed E-state index contributed by atoms with van der Waals surface area (Å²) in [5.74, 6) is 0.321. The van der Waals surface area contributed by atoms with Crippen LogP contribution in [0.25, 0.3) is 0 Å². The Kier molecular flexibility index (Phi) is 5.04. The van der Waals surface area contributed by atoms with Gasteiger partial charge in [-0.15, -0.1) is 10.2 Å². The van der Waals surface area contributed by atoms with Gasteiger partial charge in [0.15, 0.2) is 5.82 Å². The Bertz CT molecular complexity index is 987. The van der Waals surface area contributed by atoms with Crippen molar-refractivity contribution < 1.29 is 9.18 Å². The molecule has 0 spiro atoms. The second-order valence-corrected chi connectivity index (χ2v) is 7.75. The van der Waals surface area contributed by atoms with Gasteiger partial charge < -0.3 is 10.7 Å². The number of halogens is 1. The summed E-state index contributed by atoms with van der Waals surface area (Å²) in [6.07, 6.45) is 0.705. The fourth-order valence-corrected chi connectivity index (χ4v) is 4.20. The monoisotopic (exact) mass is 397 g/mol. The lowest BCUT2D eigenvalue weighted by Gasteiger charge is -2.33. The summed E-state index contributed by atoms with van der Waals surface area (Å²) >= 11 is 1.35. The zero-order valence-electron chi connectivity index (χ0n) is 15.5. The summed E-state index contributed by atoms with van der Waals surface area (Å²) in [6, 6.07) is 13.5. The van der Waals surface area contributed by atoms with E-state index >= 15 is 0 Å². The number of anilines is 1. The standard InChI is InChI=1S/C20H20FN5OS/c1-3-16-23-24-20-26(16)25-17(13-6-8-14(21)9-7-13)18(28-20)19(27)22-15-10-4-12(2)5-11-15/h4-11,17-18,25H,3H2,1-2H3,(H,22,27). The normalized spacial score (nSPS) is 18.2. The van der Waals surface area contributed by atoms with E-state index in [4.69, 9.17) is 0 Å². The molecule has 28 heavy (non-hydrogen) atoms. The number of hydrogen-bond donors (Lipinski definition) is 2. The van der Waals surface area contributed by atoms with Crippen LogP contribution in [0.2, 0.25) is 0 Å². The highest BCUT2D eigenvalue weighted by Crippen LogP contribution is 2.37. The lowest BCUT2D eigenvalue weighted by Crippen LogP contribution is -2.41. The van der Waals surface area contributed by atoms with E-state index in [9.17, 15) is 9.18 Å². The van der Waals surface area contributed by atoms with Crippen LogP contribution in [0, 0.1) is 12.7 Å². The van der Waals surface area contributed by atoms with Gasteiger partial charge in [0.2, 0.25) is 11.1 Å². The summed E-state index contributed by atoms with van der Waals surface area (Å²) in [4.78, 5) is 13.1. The molecule has 2 heterocycles. The van der Waals surface area contributed by atoms with Gasteiger partial charge in [-0.2, -0.15) is 0 Å². The first kappa shape index (κ1) is 18.5. The molecule has 2 N–H and O–H groups in total. The van der Waals surface area contributed by atoms with Crippen molar-refractivity contribution in [2.24, 2.45) is 0 Å². The van der Waals surface area contributed by atoms with Crippen LogP contribution in [-0.4, -0.2) is 26.0 Å². The maximum atomic E-state index is 13.4. The predicted octanol–water partition coefficient (Wildman–Crippen LogP) is 3.69. The van der Waals surface area contributed by atoms with Crippen LogP contribution >= 0.6 is 11.8 Å². The number of aromatic nitrogens is 3. The molecule has 0 saturated heterocycles. The Balaban J connectivity index is 1.66. The number of aryl methyl sites for hydroxylation is 2. The summed E-state index contributed by atoms with van der Waals surface area (Å²) in [7, 11) is 0. The van der Waals surface area contributed by atoms with Gasteiger partial charge in [0.25, 0.3) is 0 Å². The lowest BCUT2D eigenvalue weighted by molar-refractivity contribution is -0.116. The maximum absolute atomic E-state index is 13.4. The SMILES string of the molecule is CCc1nnc2n1NC(c1ccc(F)cc1)C(C(=O)Nc1ccc(C)cc1)S2. The molecule has 0 aliphatic carbocycles. The van der Waals surface area contributed by atoms with E-state index in [-0.39, 0.29) is 17.8 Å². The van der Waals surface area contributed by atoms with Gasteiger partial charge in [-0.25, -0.2) is 9.07 Å². The number of rotatable bonds is 4. The number of fused-ring (bicyclic) bond motifs is 1. The van der Waals surface area contributed by atoms with Gasteiger partial charge in [-0.1, -0.05) is 48.5 Å². The highest BCUT2D eigenvalue weighted by Gasteiger charge is 2.37. The first-order chi connectivity index (χ1) is 13.5. The van der Waals surface area contributed by atoms with E-state index in [0.29, 0.717) is 11.6 Å². The molecule has 2 atom stereocenters. The molecule has 2 unspecified atom stereocenters. The molecule has 0 radical (unpaired) electrons. The Labute approximate surface area is 166 Å². The first-order valence-corrected chi connectivity index (χ1v) is 9.93. The highest BCUT2D eigenvalue weighted by atomic mass is 32.2. The van der Waals surface area contributed by atoms with Gasteiger partial charge in [0.1, 0.15) is 11.1 Å². The minimum Gasteiger partial charge on any atom is -0.325 e. The number of carbonyl (C=O) groups excluding carboxylic acids is 1. The fourth-order valence-electron chi connectivity index (χ4n) is 3.10. The maximum Gasteiger partial charge on any atom is 0.240 e. The van der Waals surface area contributed by atoms with Crippen LogP contribution in [0.4, 0.5) is 10.1 Å². The summed E-state index contributed by atoms with van der Waals surface area (Å²) < 4.78 is 15.2. The van der Waals surface area contributed by atoms with E-state index in [1.165, 1.54) is 23.9 Å². The number of thioether (sulfide) groups is 1. The molecule has 1 aliphatic heterocycles. The number of nitrogens with zero attached hydrogens (tertiary/aromatic N) is 3. The quantitative estimate of drug-likeness (QED) is 0.703. The van der Waals surface area contributed by atoms with E-state index in [1.54, 1.807) is 12.1 Å². The number of carbonyl (C=O) groups is 1. The third-order valence-electron chi connectivity index (χ3n) is 4.63. The molecule has 1 amide bonds. The minimum absolute atomic E-state index is 0.150. The average Bonchev–Trinajstić information content (AvgIpc) is 3.11. The zero-order chi connectivity index (χ0) is 19.7. The van der Waals surface area contributed by atoms with Crippen LogP contribution in [-0.2, 0) is 11.2 Å². The highest BCUT2D eigenvalue weighted by molar-refractivity contribution is 8.00. The molecule has 144 valence electrons. The molecule has 1 aliphatic rings. The second-order valence-electron chi connectivity index (χ2n) is 6.64. The zero-order valence-corrected chi connectivity index (χ0v) is 16.3. The van der Waals surface area contributed by atoms with Crippen molar-refractivity contribution in [1.29, 1.82) is 0 Å². The Morgan fingerprint density at radius 3 is 2.57 bits per heavy atom. The van der Waals surface area contributed by atoms with Gasteiger partial charge >= 0.3 is 0 Å². The molecule has 2 aromatic carbocycles. The van der Waals surface area contributed by atoms with Crippen LogP contribution in [0.1, 0.15) is 29.9 Å². The van der Waals surface area contributed by atoms with Gasteiger partial charge in [-0.3, -0.25) is 4.79 Å². The Hall–Kier alpha value is -2.87. The van der Waals surface area contributed by atoms with Crippen molar-refractivity contribution in [3.63, 3.8) is 0 Å². The van der Waals surface area contributed by atoms with E-state index < -0.39 is 5.25 Å². The number of nitrogens with one attached hydrogen (secondary N) is 2. The fraction of sp³-hybridized carbons (Fsp3) is 0.250. The molecule has 4 rings (SSSR count). The third kappa shape index (κ3) is 3.60. The van der Waals surface area contributed by atoms with Crippen LogP contribution in [0.5, 0.6) is 0 Å². The van der Waals surface area contributed by atoms with E-state index in [2.05, 4.69) is 20.9 Å². The van der Waals surface area contributed by atoms with Crippen molar-refractivity contribution in [1.82, 2.24) is 14.9 Å². The minimum atomic E-state index is -0.492. The summed E-state index contributed by atoms with van der Waals surface area (Å²) in [5.41, 5.74) is 6.02. The van der Waals surface area contributed by atoms with E-state index in [0.717, 1.165) is 22.6 Å². The van der Waals surface area contributed by atoms with Gasteiger partial charge in [-0.05, 0) is 36.8 Å². The van der Waals surface area contributed by atoms with Crippen LogP contribution in [0.3, 0.4) is 0 Å². The first-order valence-electron chi connectivity index (χ1n) is 9.05. The van der Waals surface area contributed by atoms with Gasteiger partial charge in [0.05, 0.1) is 6.04 Å². The third-order valence-corrected chi connectivity index (χ3v) is 5.84. The Morgan fingerprint density at radius 1 is 1.18 bits per heavy atom. The average molecular weight is 397 g/mol. The molecule has 6 nitrogen and oxygen atoms in total. The predicted molar refractivity (Wildman–Crippen MR) is 107 cm³/mol. The number of amides is 1. The van der Waals surface area contributed by atoms with Crippen molar-refractivity contribution >= 4 is 23.4 Å². The van der Waals surface area contributed by atoms with Crippen LogP contribution < -0.4 is 10.7 Å². The topological polar surface area (TPSA) is 71.8 Å². The molecule has 0 saturated carbocycles. The summed E-state index contributed by atoms with van der Waals surface area (Å²) in [5, 5.41) is 11.5. The molecule has 0 fully saturated rings. The summed E-state index contributed by atoms with van der Waals surface area (Å²) in [6.45, 7) is 3.99. The molecule has 8 heteroatoms. The van der Waals surface area contributed by atoms with Crippen molar-refractivity contribution in [2.75, 3.05) is 10.7 Å².